The van der Waals surface area contributed by atoms with Crippen LogP contribution < -0.4 is 16.0 Å². The van der Waals surface area contributed by atoms with Gasteiger partial charge in [-0.3, -0.25) is 0 Å². The molecule has 0 aliphatic carbocycles. The highest BCUT2D eigenvalue weighted by Gasteiger charge is 2.10. The molecule has 2 aromatic rings. The van der Waals surface area contributed by atoms with Crippen LogP contribution in [0.4, 0.5) is 14.6 Å². The predicted octanol–water partition coefficient (Wildman–Crippen LogP) is 1.83. The van der Waals surface area contributed by atoms with Crippen LogP contribution in [0.15, 0.2) is 30.6 Å². The number of benzene rings is 1. The van der Waals surface area contributed by atoms with Crippen molar-refractivity contribution in [2.24, 2.45) is 5.84 Å². The number of rotatable bonds is 3. The maximum atomic E-state index is 13.3. The first-order valence-corrected chi connectivity index (χ1v) is 4.61. The number of ether oxygens (including phenoxy) is 1. The molecule has 0 bridgehead atoms. The van der Waals surface area contributed by atoms with Crippen molar-refractivity contribution in [1.82, 2.24) is 9.97 Å². The number of nitrogens with one attached hydrogen (secondary N) is 1. The molecule has 88 valence electrons. The average molecular weight is 238 g/mol. The molecule has 0 unspecified atom stereocenters. The molecule has 0 radical (unpaired) electrons. The normalized spacial score (nSPS) is 10.1. The van der Waals surface area contributed by atoms with Gasteiger partial charge in [0.2, 0.25) is 11.7 Å². The van der Waals surface area contributed by atoms with Gasteiger partial charge in [0.15, 0.2) is 11.6 Å². The molecular formula is C10H8F2N4O. The molecule has 2 rings (SSSR count). The van der Waals surface area contributed by atoms with Gasteiger partial charge in [0.1, 0.15) is 12.1 Å². The number of halogens is 2. The fourth-order valence-corrected chi connectivity index (χ4v) is 1.15. The molecule has 0 amide bonds. The van der Waals surface area contributed by atoms with Crippen LogP contribution in [0.2, 0.25) is 0 Å². The van der Waals surface area contributed by atoms with Crippen molar-refractivity contribution in [2.45, 2.75) is 0 Å². The van der Waals surface area contributed by atoms with Crippen molar-refractivity contribution in [3.63, 3.8) is 0 Å². The second-order valence-electron chi connectivity index (χ2n) is 3.04. The molecule has 1 heterocycles. The van der Waals surface area contributed by atoms with Gasteiger partial charge in [0.05, 0.1) is 0 Å². The standard InChI is InChI=1S/C10H8F2N4O/c11-6-2-1-3-7(10(6)12)17-9-4-8(16-13)14-5-15-9/h1-5H,13H2,(H,14,15,16). The zero-order valence-corrected chi connectivity index (χ0v) is 8.52. The Kier molecular flexibility index (Phi) is 3.10. The number of hydrogen-bond donors (Lipinski definition) is 2. The largest absolute Gasteiger partial charge is 0.436 e. The fourth-order valence-electron chi connectivity index (χ4n) is 1.15. The first-order valence-electron chi connectivity index (χ1n) is 4.61. The molecule has 1 aromatic heterocycles. The molecule has 0 atom stereocenters. The quantitative estimate of drug-likeness (QED) is 0.630. The van der Waals surface area contributed by atoms with Crippen LogP contribution in [0.5, 0.6) is 11.6 Å². The Morgan fingerprint density at radius 1 is 1.24 bits per heavy atom. The van der Waals surface area contributed by atoms with Gasteiger partial charge in [0.25, 0.3) is 0 Å². The second-order valence-corrected chi connectivity index (χ2v) is 3.04. The van der Waals surface area contributed by atoms with Gasteiger partial charge >= 0.3 is 0 Å². The summed E-state index contributed by atoms with van der Waals surface area (Å²) in [5.74, 6) is 3.16. The summed E-state index contributed by atoms with van der Waals surface area (Å²) in [5, 5.41) is 0. The van der Waals surface area contributed by atoms with Crippen LogP contribution in [0, 0.1) is 11.6 Å². The van der Waals surface area contributed by atoms with Gasteiger partial charge in [-0.15, -0.1) is 0 Å². The van der Waals surface area contributed by atoms with Crippen molar-refractivity contribution in [2.75, 3.05) is 5.43 Å². The molecule has 17 heavy (non-hydrogen) atoms. The van der Waals surface area contributed by atoms with E-state index in [0.29, 0.717) is 5.82 Å². The molecule has 0 aliphatic heterocycles. The Balaban J connectivity index is 2.28. The summed E-state index contributed by atoms with van der Waals surface area (Å²) in [6.45, 7) is 0. The van der Waals surface area contributed by atoms with Crippen LogP contribution in [0.1, 0.15) is 0 Å². The molecule has 7 heteroatoms. The highest BCUT2D eigenvalue weighted by atomic mass is 19.2. The SMILES string of the molecule is NNc1cc(Oc2cccc(F)c2F)ncn1. The lowest BCUT2D eigenvalue weighted by atomic mass is 10.3. The zero-order valence-electron chi connectivity index (χ0n) is 8.52. The zero-order chi connectivity index (χ0) is 12.3. The van der Waals surface area contributed by atoms with E-state index in [2.05, 4.69) is 15.4 Å². The Morgan fingerprint density at radius 3 is 2.82 bits per heavy atom. The van der Waals surface area contributed by atoms with Crippen molar-refractivity contribution in [3.05, 3.63) is 42.2 Å². The van der Waals surface area contributed by atoms with Gasteiger partial charge in [-0.05, 0) is 12.1 Å². The minimum Gasteiger partial charge on any atom is -0.436 e. The van der Waals surface area contributed by atoms with Crippen molar-refractivity contribution in [3.8, 4) is 11.6 Å². The third-order valence-corrected chi connectivity index (χ3v) is 1.92. The lowest BCUT2D eigenvalue weighted by Crippen LogP contribution is -2.08. The first-order chi connectivity index (χ1) is 8.20. The van der Waals surface area contributed by atoms with E-state index in [4.69, 9.17) is 10.6 Å². The Bertz CT molecular complexity index is 535. The molecule has 0 saturated carbocycles. The summed E-state index contributed by atoms with van der Waals surface area (Å²) < 4.78 is 31.3. The Labute approximate surface area is 95.2 Å². The Morgan fingerprint density at radius 2 is 2.06 bits per heavy atom. The van der Waals surface area contributed by atoms with E-state index in [0.717, 1.165) is 6.07 Å². The topological polar surface area (TPSA) is 73.1 Å². The molecule has 0 saturated heterocycles. The number of nitrogens with two attached hydrogens (primary N) is 1. The highest BCUT2D eigenvalue weighted by molar-refractivity contribution is 5.37. The number of anilines is 1. The van der Waals surface area contributed by atoms with Gasteiger partial charge in [-0.25, -0.2) is 20.2 Å². The van der Waals surface area contributed by atoms with Crippen LogP contribution in [-0.4, -0.2) is 9.97 Å². The molecule has 0 fully saturated rings. The highest BCUT2D eigenvalue weighted by Crippen LogP contribution is 2.24. The molecule has 1 aromatic carbocycles. The minimum atomic E-state index is -1.08. The number of nitrogens with zero attached hydrogens (tertiary/aromatic N) is 2. The van der Waals surface area contributed by atoms with E-state index in [9.17, 15) is 8.78 Å². The monoisotopic (exact) mass is 238 g/mol. The van der Waals surface area contributed by atoms with Crippen molar-refractivity contribution < 1.29 is 13.5 Å². The van der Waals surface area contributed by atoms with Gasteiger partial charge < -0.3 is 10.2 Å². The number of hydrazine groups is 1. The third-order valence-electron chi connectivity index (χ3n) is 1.92. The van der Waals surface area contributed by atoms with Gasteiger partial charge in [-0.2, -0.15) is 4.39 Å². The molecule has 3 N–H and O–H groups in total. The van der Waals surface area contributed by atoms with Crippen molar-refractivity contribution in [1.29, 1.82) is 0 Å². The number of hydrogen-bond acceptors (Lipinski definition) is 5. The summed E-state index contributed by atoms with van der Waals surface area (Å²) in [6, 6.07) is 4.96. The molecule has 5 nitrogen and oxygen atoms in total. The van der Waals surface area contributed by atoms with Crippen LogP contribution >= 0.6 is 0 Å². The second kappa shape index (κ2) is 4.71. The van der Waals surface area contributed by atoms with E-state index >= 15 is 0 Å². The third kappa shape index (κ3) is 2.45. The molecule has 0 spiro atoms. The number of aromatic nitrogens is 2. The lowest BCUT2D eigenvalue weighted by molar-refractivity contribution is 0.405. The average Bonchev–Trinajstić information content (AvgIpc) is 2.35. The first kappa shape index (κ1) is 11.2. The molecular weight excluding hydrogens is 230 g/mol. The van der Waals surface area contributed by atoms with Gasteiger partial charge in [-0.1, -0.05) is 6.07 Å². The maximum absolute atomic E-state index is 13.3. The fraction of sp³-hybridized carbons (Fsp3) is 0. The van der Waals surface area contributed by atoms with Crippen LogP contribution in [0.25, 0.3) is 0 Å². The van der Waals surface area contributed by atoms with E-state index in [1.165, 1.54) is 24.5 Å². The molecule has 0 aliphatic rings. The van der Waals surface area contributed by atoms with Crippen LogP contribution in [-0.2, 0) is 0 Å². The Hall–Kier alpha value is -2.28. The van der Waals surface area contributed by atoms with E-state index < -0.39 is 11.6 Å². The predicted molar refractivity (Wildman–Crippen MR) is 56.3 cm³/mol. The van der Waals surface area contributed by atoms with E-state index in [1.54, 1.807) is 0 Å². The number of nitrogen functional groups attached to an aromatic ring is 1. The summed E-state index contributed by atoms with van der Waals surface area (Å²) in [4.78, 5) is 7.48. The minimum absolute atomic E-state index is 0.0532. The van der Waals surface area contributed by atoms with Gasteiger partial charge in [0, 0.05) is 6.07 Å². The van der Waals surface area contributed by atoms with E-state index in [-0.39, 0.29) is 11.6 Å². The van der Waals surface area contributed by atoms with E-state index in [1.807, 2.05) is 0 Å². The maximum Gasteiger partial charge on any atom is 0.224 e. The summed E-state index contributed by atoms with van der Waals surface area (Å²) in [5.41, 5.74) is 2.28. The smallest absolute Gasteiger partial charge is 0.224 e. The summed E-state index contributed by atoms with van der Waals surface area (Å²) in [7, 11) is 0. The summed E-state index contributed by atoms with van der Waals surface area (Å²) >= 11 is 0. The lowest BCUT2D eigenvalue weighted by Gasteiger charge is -2.06. The van der Waals surface area contributed by atoms with Crippen LogP contribution in [0.3, 0.4) is 0 Å². The van der Waals surface area contributed by atoms with Crippen molar-refractivity contribution >= 4 is 5.82 Å². The summed E-state index contributed by atoms with van der Waals surface area (Å²) in [6.07, 6.45) is 1.18.